The molecule has 3 nitrogen and oxygen atoms in total. The molecule has 0 aliphatic rings. The van der Waals surface area contributed by atoms with Crippen molar-refractivity contribution in [2.24, 2.45) is 0 Å². The summed E-state index contributed by atoms with van der Waals surface area (Å²) in [7, 11) is 0. The Hall–Kier alpha value is -2.55. The van der Waals surface area contributed by atoms with Crippen LogP contribution in [0.15, 0.2) is 67.3 Å². The van der Waals surface area contributed by atoms with E-state index in [9.17, 15) is 4.79 Å². The van der Waals surface area contributed by atoms with Crippen molar-refractivity contribution in [3.8, 4) is 0 Å². The molecular weight excluding hydrogens is 260 g/mol. The average molecular weight is 280 g/mol. The smallest absolute Gasteiger partial charge is 0.221 e. The van der Waals surface area contributed by atoms with Crippen molar-refractivity contribution in [1.82, 2.24) is 0 Å². The van der Waals surface area contributed by atoms with Gasteiger partial charge in [-0.15, -0.1) is 6.58 Å². The Balaban J connectivity index is 2.21. The monoisotopic (exact) mass is 280 g/mol. The summed E-state index contributed by atoms with van der Waals surface area (Å²) >= 11 is 0. The van der Waals surface area contributed by atoms with Crippen molar-refractivity contribution >= 4 is 17.3 Å². The van der Waals surface area contributed by atoms with Crippen LogP contribution in [-0.4, -0.2) is 12.5 Å². The van der Waals surface area contributed by atoms with E-state index < -0.39 is 0 Å². The van der Waals surface area contributed by atoms with Gasteiger partial charge in [0, 0.05) is 31.4 Å². The van der Waals surface area contributed by atoms with Crippen LogP contribution in [0.3, 0.4) is 0 Å². The van der Waals surface area contributed by atoms with Gasteiger partial charge in [0.05, 0.1) is 0 Å². The van der Waals surface area contributed by atoms with E-state index in [1.807, 2.05) is 48.5 Å². The molecule has 0 spiro atoms. The summed E-state index contributed by atoms with van der Waals surface area (Å²) in [5, 5.41) is 2.81. The highest BCUT2D eigenvalue weighted by Gasteiger charge is 2.07. The fourth-order valence-electron chi connectivity index (χ4n) is 2.20. The van der Waals surface area contributed by atoms with Gasteiger partial charge in [0.25, 0.3) is 0 Å². The molecular formula is C18H20N2O. The number of carbonyl (C=O) groups is 1. The number of amides is 1. The Labute approximate surface area is 125 Å². The normalized spacial score (nSPS) is 9.95. The van der Waals surface area contributed by atoms with Crippen molar-refractivity contribution in [2.45, 2.75) is 13.5 Å². The third kappa shape index (κ3) is 4.49. The van der Waals surface area contributed by atoms with Crippen molar-refractivity contribution in [3.05, 3.63) is 72.8 Å². The van der Waals surface area contributed by atoms with E-state index in [0.717, 1.165) is 24.5 Å². The van der Waals surface area contributed by atoms with Crippen molar-refractivity contribution in [1.29, 1.82) is 0 Å². The second-order valence-corrected chi connectivity index (χ2v) is 4.89. The summed E-state index contributed by atoms with van der Waals surface area (Å²) in [4.78, 5) is 13.4. The molecule has 0 saturated carbocycles. The molecule has 0 bridgehead atoms. The molecule has 0 aromatic heterocycles. The molecule has 0 heterocycles. The second kappa shape index (κ2) is 7.29. The van der Waals surface area contributed by atoms with Crippen LogP contribution in [0.4, 0.5) is 11.4 Å². The minimum absolute atomic E-state index is 0.0644. The summed E-state index contributed by atoms with van der Waals surface area (Å²) in [6, 6.07) is 18.2. The number of rotatable bonds is 6. The second-order valence-electron chi connectivity index (χ2n) is 4.89. The summed E-state index contributed by atoms with van der Waals surface area (Å²) in [5.74, 6) is -0.0644. The van der Waals surface area contributed by atoms with Crippen molar-refractivity contribution in [2.75, 3.05) is 16.8 Å². The molecule has 3 heteroatoms. The zero-order chi connectivity index (χ0) is 15.1. The topological polar surface area (TPSA) is 32.3 Å². The van der Waals surface area contributed by atoms with Gasteiger partial charge < -0.3 is 10.2 Å². The quantitative estimate of drug-likeness (QED) is 0.815. The number of benzene rings is 2. The maximum absolute atomic E-state index is 11.2. The Kier molecular flexibility index (Phi) is 5.16. The third-order valence-electron chi connectivity index (χ3n) is 3.10. The summed E-state index contributed by atoms with van der Waals surface area (Å²) in [6.07, 6.45) is 1.88. The van der Waals surface area contributed by atoms with Crippen LogP contribution in [0.2, 0.25) is 0 Å². The molecule has 0 aliphatic heterocycles. The average Bonchev–Trinajstić information content (AvgIpc) is 2.47. The highest BCUT2D eigenvalue weighted by molar-refractivity contribution is 5.89. The summed E-state index contributed by atoms with van der Waals surface area (Å²) < 4.78 is 0. The minimum Gasteiger partial charge on any atom is -0.363 e. The first-order chi connectivity index (χ1) is 10.2. The van der Waals surface area contributed by atoms with Gasteiger partial charge >= 0.3 is 0 Å². The minimum atomic E-state index is -0.0644. The highest BCUT2D eigenvalue weighted by Crippen LogP contribution is 2.21. The first-order valence-corrected chi connectivity index (χ1v) is 6.96. The molecule has 0 saturated heterocycles. The lowest BCUT2D eigenvalue weighted by molar-refractivity contribution is -0.114. The molecule has 0 atom stereocenters. The molecule has 2 rings (SSSR count). The molecule has 1 N–H and O–H groups in total. The van der Waals surface area contributed by atoms with Crippen LogP contribution in [0.25, 0.3) is 0 Å². The van der Waals surface area contributed by atoms with E-state index in [1.165, 1.54) is 12.5 Å². The third-order valence-corrected chi connectivity index (χ3v) is 3.10. The fourth-order valence-corrected chi connectivity index (χ4v) is 2.20. The molecule has 2 aromatic carbocycles. The lowest BCUT2D eigenvalue weighted by Crippen LogP contribution is -2.22. The zero-order valence-electron chi connectivity index (χ0n) is 12.3. The van der Waals surface area contributed by atoms with Crippen LogP contribution in [-0.2, 0) is 11.3 Å². The molecule has 0 fully saturated rings. The van der Waals surface area contributed by atoms with E-state index in [1.54, 1.807) is 0 Å². The van der Waals surface area contributed by atoms with Gasteiger partial charge in [-0.25, -0.2) is 0 Å². The van der Waals surface area contributed by atoms with Gasteiger partial charge in [0.2, 0.25) is 5.91 Å². The summed E-state index contributed by atoms with van der Waals surface area (Å²) in [6.45, 7) is 6.89. The molecule has 0 unspecified atom stereocenters. The Morgan fingerprint density at radius 1 is 1.19 bits per heavy atom. The van der Waals surface area contributed by atoms with E-state index in [2.05, 4.69) is 28.9 Å². The largest absolute Gasteiger partial charge is 0.363 e. The lowest BCUT2D eigenvalue weighted by atomic mass is 10.2. The lowest BCUT2D eigenvalue weighted by Gasteiger charge is -2.24. The van der Waals surface area contributed by atoms with Gasteiger partial charge in [-0.2, -0.15) is 0 Å². The molecule has 0 aliphatic carbocycles. The predicted octanol–water partition coefficient (Wildman–Crippen LogP) is 3.84. The fraction of sp³-hybridized carbons (Fsp3) is 0.167. The van der Waals surface area contributed by atoms with Crippen LogP contribution < -0.4 is 10.2 Å². The number of nitrogens with zero attached hydrogens (tertiary/aromatic N) is 1. The van der Waals surface area contributed by atoms with Gasteiger partial charge in [0.15, 0.2) is 0 Å². The first kappa shape index (κ1) is 14.9. The number of hydrogen-bond donors (Lipinski definition) is 1. The number of anilines is 2. The molecule has 108 valence electrons. The highest BCUT2D eigenvalue weighted by atomic mass is 16.1. The standard InChI is InChI=1S/C18H20N2O/c1-3-12-20(14-16-8-5-4-6-9-16)18-11-7-10-17(13-18)19-15(2)21/h3-11,13H,1,12,14H2,2H3,(H,19,21). The van der Waals surface area contributed by atoms with Crippen molar-refractivity contribution in [3.63, 3.8) is 0 Å². The van der Waals surface area contributed by atoms with Crippen LogP contribution in [0, 0.1) is 0 Å². The number of hydrogen-bond acceptors (Lipinski definition) is 2. The predicted molar refractivity (Wildman–Crippen MR) is 88.4 cm³/mol. The van der Waals surface area contributed by atoms with E-state index in [0.29, 0.717) is 0 Å². The summed E-state index contributed by atoms with van der Waals surface area (Å²) in [5.41, 5.74) is 3.11. The Bertz CT molecular complexity index is 608. The van der Waals surface area contributed by atoms with Gasteiger partial charge in [-0.1, -0.05) is 42.5 Å². The van der Waals surface area contributed by atoms with E-state index in [-0.39, 0.29) is 5.91 Å². The number of carbonyl (C=O) groups excluding carboxylic acids is 1. The molecule has 0 radical (unpaired) electrons. The van der Waals surface area contributed by atoms with Crippen LogP contribution in [0.5, 0.6) is 0 Å². The SMILES string of the molecule is C=CCN(Cc1ccccc1)c1cccc(NC(C)=O)c1. The van der Waals surface area contributed by atoms with Crippen LogP contribution in [0.1, 0.15) is 12.5 Å². The maximum Gasteiger partial charge on any atom is 0.221 e. The first-order valence-electron chi connectivity index (χ1n) is 6.96. The van der Waals surface area contributed by atoms with E-state index >= 15 is 0 Å². The zero-order valence-corrected chi connectivity index (χ0v) is 12.3. The number of nitrogens with one attached hydrogen (secondary N) is 1. The Morgan fingerprint density at radius 3 is 2.62 bits per heavy atom. The Morgan fingerprint density at radius 2 is 1.95 bits per heavy atom. The maximum atomic E-state index is 11.2. The van der Waals surface area contributed by atoms with Gasteiger partial charge in [0.1, 0.15) is 0 Å². The molecule has 21 heavy (non-hydrogen) atoms. The molecule has 1 amide bonds. The van der Waals surface area contributed by atoms with Crippen molar-refractivity contribution < 1.29 is 4.79 Å². The van der Waals surface area contributed by atoms with Crippen LogP contribution >= 0.6 is 0 Å². The van der Waals surface area contributed by atoms with Gasteiger partial charge in [-0.3, -0.25) is 4.79 Å². The molecule has 2 aromatic rings. The van der Waals surface area contributed by atoms with Gasteiger partial charge in [-0.05, 0) is 23.8 Å². The van der Waals surface area contributed by atoms with E-state index in [4.69, 9.17) is 0 Å².